The van der Waals surface area contributed by atoms with Gasteiger partial charge in [-0.3, -0.25) is 0 Å². The van der Waals surface area contributed by atoms with Crippen molar-refractivity contribution in [2.24, 2.45) is 0 Å². The lowest BCUT2D eigenvalue weighted by molar-refractivity contribution is 0.621. The summed E-state index contributed by atoms with van der Waals surface area (Å²) in [6.45, 7) is 4.70. The van der Waals surface area contributed by atoms with Crippen LogP contribution in [0.25, 0.3) is 98.4 Å². The molecule has 0 spiro atoms. The van der Waals surface area contributed by atoms with E-state index in [-0.39, 0.29) is 8.27 Å². The Morgan fingerprint density at radius 1 is 0.400 bits per heavy atom. The first kappa shape index (κ1) is 27.7. The highest BCUT2D eigenvalue weighted by atomic mass is 16.3. The van der Waals surface area contributed by atoms with Gasteiger partial charge in [0.1, 0.15) is 11.2 Å². The molecule has 1 heteroatoms. The van der Waals surface area contributed by atoms with E-state index >= 15 is 0 Å². The van der Waals surface area contributed by atoms with E-state index in [1.165, 1.54) is 93.0 Å². The van der Waals surface area contributed by atoms with Gasteiger partial charge in [-0.05, 0) is 101 Å². The van der Waals surface area contributed by atoms with Crippen LogP contribution in [0.3, 0.4) is 0 Å². The Hall–Kier alpha value is -6.18. The smallest absolute Gasteiger partial charge is 0.143 e. The number of benzene rings is 9. The zero-order valence-corrected chi connectivity index (χ0v) is 27.9. The van der Waals surface area contributed by atoms with Crippen LogP contribution in [-0.2, 0) is 5.41 Å². The molecule has 1 heterocycles. The molecule has 0 saturated heterocycles. The zero-order chi connectivity index (χ0) is 33.1. The Balaban J connectivity index is 0.00000180. The molecule has 0 fully saturated rings. The average Bonchev–Trinajstić information content (AvgIpc) is 3.65. The largest absolute Gasteiger partial charge is 0.455 e. The summed E-state index contributed by atoms with van der Waals surface area (Å²) in [4.78, 5) is 0. The van der Waals surface area contributed by atoms with Gasteiger partial charge in [0, 0.05) is 30.0 Å². The van der Waals surface area contributed by atoms with Crippen LogP contribution in [0.2, 0.25) is 0 Å². The molecule has 0 unspecified atom stereocenters. The number of fused-ring (bicyclic) bond motifs is 12. The van der Waals surface area contributed by atoms with E-state index in [4.69, 9.17) is 4.42 Å². The van der Waals surface area contributed by atoms with E-state index in [0.29, 0.717) is 0 Å². The van der Waals surface area contributed by atoms with Gasteiger partial charge in [-0.25, -0.2) is 0 Å². The first-order chi connectivity index (χ1) is 24.6. The summed E-state index contributed by atoms with van der Waals surface area (Å²) in [5, 5.41) is 12.3. The van der Waals surface area contributed by atoms with Crippen LogP contribution in [0.5, 0.6) is 0 Å². The molecular weight excluding hydrogens is 605 g/mol. The molecule has 1 aromatic heterocycles. The summed E-state index contributed by atoms with van der Waals surface area (Å²) in [5.74, 6) is 0. The lowest BCUT2D eigenvalue weighted by Gasteiger charge is -2.22. The monoisotopic (exact) mass is 640 g/mol. The van der Waals surface area contributed by atoms with E-state index in [1.807, 2.05) is 0 Å². The topological polar surface area (TPSA) is 13.1 Å². The van der Waals surface area contributed by atoms with Gasteiger partial charge < -0.3 is 4.42 Å². The van der Waals surface area contributed by atoms with Crippen molar-refractivity contribution >= 4 is 65.0 Å². The van der Waals surface area contributed by atoms with Gasteiger partial charge in [-0.2, -0.15) is 0 Å². The van der Waals surface area contributed by atoms with Crippen molar-refractivity contribution in [3.8, 4) is 33.4 Å². The quantitative estimate of drug-likeness (QED) is 0.171. The number of furan rings is 1. The molecule has 50 heavy (non-hydrogen) atoms. The zero-order valence-electron chi connectivity index (χ0n) is 27.9. The van der Waals surface area contributed by atoms with Gasteiger partial charge in [-0.15, -0.1) is 0 Å². The molecule has 238 valence electrons. The van der Waals surface area contributed by atoms with E-state index in [9.17, 15) is 0 Å². The fraction of sp³-hybridized carbons (Fsp3) is 0.0612. The lowest BCUT2D eigenvalue weighted by atomic mass is 9.81. The summed E-state index contributed by atoms with van der Waals surface area (Å²) >= 11 is 0. The Labute approximate surface area is 293 Å². The molecule has 0 saturated carbocycles. The van der Waals surface area contributed by atoms with Crippen LogP contribution in [0.4, 0.5) is 0 Å². The van der Waals surface area contributed by atoms with E-state index in [0.717, 1.165) is 16.6 Å². The van der Waals surface area contributed by atoms with Gasteiger partial charge in [0.05, 0.1) is 0 Å². The second-order valence-electron chi connectivity index (χ2n) is 14.4. The Kier molecular flexibility index (Phi) is 5.51. The molecule has 1 nitrogen and oxygen atoms in total. The normalized spacial score (nSPS) is 13.6. The molecule has 9 aromatic carbocycles. The maximum atomic E-state index is 6.89. The van der Waals surface area contributed by atoms with Crippen LogP contribution in [0, 0.1) is 0 Å². The molecule has 1 aliphatic rings. The molecule has 0 bridgehead atoms. The first-order valence-electron chi connectivity index (χ1n) is 17.5. The van der Waals surface area contributed by atoms with Crippen LogP contribution >= 0.6 is 0 Å². The summed E-state index contributed by atoms with van der Waals surface area (Å²) in [7, 11) is 0. The van der Waals surface area contributed by atoms with Gasteiger partial charge >= 0.3 is 0 Å². The molecule has 10 aromatic rings. The van der Waals surface area contributed by atoms with Crippen molar-refractivity contribution in [2.75, 3.05) is 0 Å². The lowest BCUT2D eigenvalue weighted by Crippen LogP contribution is -2.15. The highest BCUT2D eigenvalue weighted by Gasteiger charge is 2.39. The van der Waals surface area contributed by atoms with Gasteiger partial charge in [0.15, 0.2) is 0 Å². The van der Waals surface area contributed by atoms with Crippen molar-refractivity contribution < 1.29 is 7.27 Å². The molecule has 0 atom stereocenters. The fourth-order valence-electron chi connectivity index (χ4n) is 9.11. The van der Waals surface area contributed by atoms with Crippen molar-refractivity contribution in [1.82, 2.24) is 0 Å². The van der Waals surface area contributed by atoms with Crippen LogP contribution in [0.1, 0.15) is 27.8 Å². The highest BCUT2D eigenvalue weighted by Crippen LogP contribution is 2.54. The van der Waals surface area contributed by atoms with E-state index < -0.39 is 0 Å². The van der Waals surface area contributed by atoms with Crippen molar-refractivity contribution in [3.05, 3.63) is 169 Å². The van der Waals surface area contributed by atoms with Gasteiger partial charge in [-0.1, -0.05) is 147 Å². The Morgan fingerprint density at radius 2 is 0.920 bits per heavy atom. The summed E-state index contributed by atoms with van der Waals surface area (Å²) in [5.41, 5.74) is 12.0. The first-order valence-corrected chi connectivity index (χ1v) is 17.5. The predicted molar refractivity (Wildman–Crippen MR) is 216 cm³/mol. The Bertz CT molecular complexity index is 3020. The minimum Gasteiger partial charge on any atom is -0.455 e. The molecule has 0 aliphatic heterocycles. The standard InChI is InChI=1S/C49H32O.2H2/c1-49(2)43-26-22-33(28-42(43)39-24-25-41-40-23-21-30-12-5-6-14-34(30)47(40)50-48(41)46(39)49)45-37-17-9-7-15-35(37)44(36-16-8-10-18-38(36)45)32-20-19-29-11-3-4-13-31(29)27-32;;/h3-28H,1-2H3;2*1H. The molecule has 0 amide bonds. The minimum atomic E-state index is -0.212. The van der Waals surface area contributed by atoms with Crippen molar-refractivity contribution in [2.45, 2.75) is 19.3 Å². The number of hydrogen-bond donors (Lipinski definition) is 0. The number of hydrogen-bond acceptors (Lipinski definition) is 1. The van der Waals surface area contributed by atoms with Gasteiger partial charge in [0.25, 0.3) is 0 Å². The molecule has 0 radical (unpaired) electrons. The maximum Gasteiger partial charge on any atom is 0.143 e. The fourth-order valence-corrected chi connectivity index (χ4v) is 9.11. The average molecular weight is 641 g/mol. The molecular formula is C49H36O. The van der Waals surface area contributed by atoms with E-state index in [2.05, 4.69) is 172 Å². The maximum absolute atomic E-state index is 6.89. The SMILES string of the molecule is CC1(C)c2ccc(-c3c4ccccc4c(-c4ccc5ccccc5c4)c4ccccc34)cc2-c2ccc3c(oc4c5ccccc5ccc34)c21.[HH].[HH]. The van der Waals surface area contributed by atoms with Crippen LogP contribution in [-0.4, -0.2) is 0 Å². The summed E-state index contributed by atoms with van der Waals surface area (Å²) in [6.07, 6.45) is 0. The third-order valence-corrected chi connectivity index (χ3v) is 11.4. The molecule has 1 aliphatic carbocycles. The third kappa shape index (κ3) is 3.67. The van der Waals surface area contributed by atoms with Gasteiger partial charge in [0.2, 0.25) is 0 Å². The van der Waals surface area contributed by atoms with Crippen LogP contribution < -0.4 is 0 Å². The second kappa shape index (κ2) is 9.94. The number of rotatable bonds is 2. The van der Waals surface area contributed by atoms with Crippen LogP contribution in [0.15, 0.2) is 162 Å². The Morgan fingerprint density at radius 3 is 1.62 bits per heavy atom. The third-order valence-electron chi connectivity index (χ3n) is 11.4. The second-order valence-corrected chi connectivity index (χ2v) is 14.4. The summed E-state index contributed by atoms with van der Waals surface area (Å²) < 4.78 is 6.89. The minimum absolute atomic E-state index is 0. The highest BCUT2D eigenvalue weighted by molar-refractivity contribution is 6.22. The summed E-state index contributed by atoms with van der Waals surface area (Å²) in [6, 6.07) is 58.1. The predicted octanol–water partition coefficient (Wildman–Crippen LogP) is 14.3. The van der Waals surface area contributed by atoms with Crippen molar-refractivity contribution in [3.63, 3.8) is 0 Å². The molecule has 0 N–H and O–H groups in total. The van der Waals surface area contributed by atoms with E-state index in [1.54, 1.807) is 0 Å². The van der Waals surface area contributed by atoms with Crippen molar-refractivity contribution in [1.29, 1.82) is 0 Å². The molecule has 11 rings (SSSR count).